The van der Waals surface area contributed by atoms with Gasteiger partial charge < -0.3 is 20.3 Å². The third kappa shape index (κ3) is 8.47. The topological polar surface area (TPSA) is 87.7 Å². The highest BCUT2D eigenvalue weighted by atomic mass is 16.6. The first kappa shape index (κ1) is 30.7. The zero-order valence-electron chi connectivity index (χ0n) is 24.4. The van der Waals surface area contributed by atoms with Crippen LogP contribution in [-0.2, 0) is 14.3 Å². The lowest BCUT2D eigenvalue weighted by Gasteiger charge is -2.39. The monoisotopic (exact) mass is 515 g/mol. The second kappa shape index (κ2) is 13.3. The summed E-state index contributed by atoms with van der Waals surface area (Å²) in [6.45, 7) is 17.2. The van der Waals surface area contributed by atoms with Crippen LogP contribution in [0.3, 0.4) is 0 Å². The first-order chi connectivity index (χ1) is 17.3. The van der Waals surface area contributed by atoms with Gasteiger partial charge in [-0.2, -0.15) is 0 Å². The average molecular weight is 516 g/mol. The fraction of sp³-hybridized carbons (Fsp3) is 0.700. The molecule has 0 saturated heterocycles. The highest BCUT2D eigenvalue weighted by Gasteiger charge is 2.40. The molecule has 0 heterocycles. The highest BCUT2D eigenvalue weighted by Crippen LogP contribution is 2.31. The second-order valence-corrected chi connectivity index (χ2v) is 11.9. The molecule has 37 heavy (non-hydrogen) atoms. The van der Waals surface area contributed by atoms with Crippen LogP contribution in [0.2, 0.25) is 0 Å². The summed E-state index contributed by atoms with van der Waals surface area (Å²) in [7, 11) is 0. The van der Waals surface area contributed by atoms with Crippen molar-refractivity contribution in [2.45, 2.75) is 131 Å². The van der Waals surface area contributed by atoms with Gasteiger partial charge in [-0.25, -0.2) is 4.79 Å². The average Bonchev–Trinajstić information content (AvgIpc) is 2.81. The van der Waals surface area contributed by atoms with Gasteiger partial charge in [-0.1, -0.05) is 57.7 Å². The number of hydrogen-bond acceptors (Lipinski definition) is 4. The molecule has 0 bridgehead atoms. The Hall–Kier alpha value is -2.57. The van der Waals surface area contributed by atoms with Crippen LogP contribution in [0.25, 0.3) is 0 Å². The van der Waals surface area contributed by atoms with Gasteiger partial charge in [-0.05, 0) is 83.9 Å². The number of amides is 3. The molecule has 0 radical (unpaired) electrons. The zero-order valence-corrected chi connectivity index (χ0v) is 24.4. The summed E-state index contributed by atoms with van der Waals surface area (Å²) in [5.41, 5.74) is 2.18. The summed E-state index contributed by atoms with van der Waals surface area (Å²) in [5.74, 6) is -0.593. The lowest BCUT2D eigenvalue weighted by Crippen LogP contribution is -2.57. The van der Waals surface area contributed by atoms with Gasteiger partial charge in [-0.3, -0.25) is 9.59 Å². The lowest BCUT2D eigenvalue weighted by atomic mass is 9.91. The van der Waals surface area contributed by atoms with Crippen molar-refractivity contribution in [3.8, 4) is 0 Å². The summed E-state index contributed by atoms with van der Waals surface area (Å²) in [6, 6.07) is 4.11. The number of nitrogens with one attached hydrogen (secondary N) is 2. The number of alkyl carbamates (subject to hydrolysis) is 1. The van der Waals surface area contributed by atoms with Crippen molar-refractivity contribution in [1.82, 2.24) is 15.5 Å². The number of carbonyl (C=O) groups is 3. The fourth-order valence-corrected chi connectivity index (χ4v) is 4.97. The summed E-state index contributed by atoms with van der Waals surface area (Å²) >= 11 is 0. The minimum atomic E-state index is -0.822. The van der Waals surface area contributed by atoms with E-state index in [2.05, 4.69) is 10.6 Å². The van der Waals surface area contributed by atoms with Gasteiger partial charge >= 0.3 is 6.09 Å². The van der Waals surface area contributed by atoms with Gasteiger partial charge in [0, 0.05) is 12.1 Å². The maximum absolute atomic E-state index is 14.3. The number of carbonyl (C=O) groups excluding carboxylic acids is 3. The Bertz CT molecular complexity index is 931. The quantitative estimate of drug-likeness (QED) is 0.424. The highest BCUT2D eigenvalue weighted by molar-refractivity contribution is 5.93. The Labute approximate surface area is 224 Å². The maximum Gasteiger partial charge on any atom is 0.408 e. The molecule has 1 fully saturated rings. The number of aryl methyl sites for hydroxylation is 1. The molecule has 7 heteroatoms. The van der Waals surface area contributed by atoms with Crippen LogP contribution in [0.15, 0.2) is 18.2 Å². The van der Waals surface area contributed by atoms with E-state index in [9.17, 15) is 14.4 Å². The number of hydrogen-bond donors (Lipinski definition) is 2. The smallest absolute Gasteiger partial charge is 0.408 e. The van der Waals surface area contributed by atoms with Gasteiger partial charge in [-0.15, -0.1) is 0 Å². The zero-order chi connectivity index (χ0) is 27.9. The molecule has 3 unspecified atom stereocenters. The number of benzene rings is 1. The minimum absolute atomic E-state index is 0.114. The molecule has 1 aliphatic carbocycles. The van der Waals surface area contributed by atoms with Crippen molar-refractivity contribution >= 4 is 17.9 Å². The predicted molar refractivity (Wildman–Crippen MR) is 148 cm³/mol. The second-order valence-electron chi connectivity index (χ2n) is 11.9. The Kier molecular flexibility index (Phi) is 11.0. The molecule has 7 nitrogen and oxygen atoms in total. The molecular weight excluding hydrogens is 466 g/mol. The molecule has 1 saturated carbocycles. The molecule has 2 N–H and O–H groups in total. The molecule has 0 aliphatic heterocycles. The van der Waals surface area contributed by atoms with Gasteiger partial charge in [0.25, 0.3) is 0 Å². The number of nitrogens with zero attached hydrogens (tertiary/aromatic N) is 1. The molecule has 208 valence electrons. The van der Waals surface area contributed by atoms with E-state index in [0.29, 0.717) is 6.42 Å². The Morgan fingerprint density at radius 3 is 2.22 bits per heavy atom. The van der Waals surface area contributed by atoms with E-state index in [1.54, 1.807) is 25.7 Å². The van der Waals surface area contributed by atoms with Crippen LogP contribution in [0.4, 0.5) is 4.79 Å². The molecular formula is C30H49N3O4. The van der Waals surface area contributed by atoms with E-state index in [-0.39, 0.29) is 29.8 Å². The summed E-state index contributed by atoms with van der Waals surface area (Å²) in [4.78, 5) is 42.6. The van der Waals surface area contributed by atoms with E-state index < -0.39 is 23.8 Å². The van der Waals surface area contributed by atoms with Gasteiger partial charge in [0.2, 0.25) is 11.8 Å². The molecule has 1 aliphatic rings. The van der Waals surface area contributed by atoms with Crippen LogP contribution >= 0.6 is 0 Å². The summed E-state index contributed by atoms with van der Waals surface area (Å²) < 4.78 is 5.48. The Morgan fingerprint density at radius 1 is 1.05 bits per heavy atom. The standard InChI is InChI=1S/C30H49N3O4/c1-10-20(4)25(32-29(36)37-30(7,8)9)28(35)33(19(2)3)26(24-18-14-15-21(5)22(24)6)27(34)31-23-16-12-11-13-17-23/h14-15,18-20,23,25-26H,10-13,16-17H2,1-9H3,(H,31,34)(H,32,36). The fourth-order valence-electron chi connectivity index (χ4n) is 4.97. The molecule has 1 aromatic rings. The van der Waals surface area contributed by atoms with E-state index in [4.69, 9.17) is 4.74 Å². The minimum Gasteiger partial charge on any atom is -0.444 e. The van der Waals surface area contributed by atoms with Crippen LogP contribution in [0, 0.1) is 19.8 Å². The largest absolute Gasteiger partial charge is 0.444 e. The molecule has 0 aromatic heterocycles. The molecule has 3 atom stereocenters. The Balaban J connectivity index is 2.52. The van der Waals surface area contributed by atoms with Crippen molar-refractivity contribution < 1.29 is 19.1 Å². The Morgan fingerprint density at radius 2 is 1.68 bits per heavy atom. The van der Waals surface area contributed by atoms with Crippen LogP contribution in [0.1, 0.15) is 110 Å². The van der Waals surface area contributed by atoms with E-state index in [1.807, 2.05) is 59.7 Å². The molecule has 2 rings (SSSR count). The van der Waals surface area contributed by atoms with Crippen molar-refractivity contribution in [2.24, 2.45) is 5.92 Å². The van der Waals surface area contributed by atoms with E-state index >= 15 is 0 Å². The van der Waals surface area contributed by atoms with Crippen LogP contribution in [0.5, 0.6) is 0 Å². The maximum atomic E-state index is 14.3. The van der Waals surface area contributed by atoms with E-state index in [1.165, 1.54) is 6.42 Å². The van der Waals surface area contributed by atoms with Crippen molar-refractivity contribution in [3.05, 3.63) is 34.9 Å². The molecule has 0 spiro atoms. The van der Waals surface area contributed by atoms with Gasteiger partial charge in [0.05, 0.1) is 0 Å². The van der Waals surface area contributed by atoms with Crippen molar-refractivity contribution in [1.29, 1.82) is 0 Å². The first-order valence-corrected chi connectivity index (χ1v) is 13.9. The normalized spacial score (nSPS) is 17.0. The third-order valence-corrected chi connectivity index (χ3v) is 7.38. The van der Waals surface area contributed by atoms with Gasteiger partial charge in [0.15, 0.2) is 0 Å². The van der Waals surface area contributed by atoms with Gasteiger partial charge in [0.1, 0.15) is 17.7 Å². The summed E-state index contributed by atoms with van der Waals surface area (Å²) in [5, 5.41) is 6.09. The predicted octanol–water partition coefficient (Wildman–Crippen LogP) is 5.97. The third-order valence-electron chi connectivity index (χ3n) is 7.38. The van der Waals surface area contributed by atoms with Crippen LogP contribution < -0.4 is 10.6 Å². The van der Waals surface area contributed by atoms with Crippen molar-refractivity contribution in [2.75, 3.05) is 0 Å². The molecule has 3 amide bonds. The molecule has 1 aromatic carbocycles. The summed E-state index contributed by atoms with van der Waals surface area (Å²) in [6.07, 6.45) is 5.35. The van der Waals surface area contributed by atoms with Crippen LogP contribution in [-0.4, -0.2) is 46.5 Å². The lowest BCUT2D eigenvalue weighted by molar-refractivity contribution is -0.146. The number of rotatable bonds is 9. The van der Waals surface area contributed by atoms with Crippen molar-refractivity contribution in [3.63, 3.8) is 0 Å². The first-order valence-electron chi connectivity index (χ1n) is 13.9. The SMILES string of the molecule is CCC(C)C(NC(=O)OC(C)(C)C)C(=O)N(C(C)C)C(C(=O)NC1CCCCC1)c1cccc(C)c1C. The van der Waals surface area contributed by atoms with E-state index in [0.717, 1.165) is 42.4 Å². The number of ether oxygens (including phenoxy) is 1.